The minimum atomic E-state index is 1.20. The average molecular weight is 268 g/mol. The van der Waals surface area contributed by atoms with Crippen molar-refractivity contribution >= 4 is 30.7 Å². The summed E-state index contributed by atoms with van der Waals surface area (Å²) in [5, 5.41) is 0. The number of aryl methyl sites for hydroxylation is 1. The summed E-state index contributed by atoms with van der Waals surface area (Å²) in [6, 6.07) is 8.96. The Balaban J connectivity index is 1.90. The maximum atomic E-state index is 2.32. The van der Waals surface area contributed by atoms with Crippen molar-refractivity contribution in [3.05, 3.63) is 29.8 Å². The zero-order valence-electron chi connectivity index (χ0n) is 13.1. The molecule has 0 heterocycles. The fourth-order valence-electron chi connectivity index (χ4n) is 2.69. The number of benzene rings is 1. The molecule has 0 radical (unpaired) electrons. The normalized spacial score (nSPS) is 10.9. The van der Waals surface area contributed by atoms with Crippen LogP contribution in [0.25, 0.3) is 0 Å². The summed E-state index contributed by atoms with van der Waals surface area (Å²) in [5.41, 5.74) is 1.61. The van der Waals surface area contributed by atoms with E-state index in [-0.39, 0.29) is 0 Å². The van der Waals surface area contributed by atoms with E-state index in [1.165, 1.54) is 98.6 Å². The first kappa shape index (κ1) is 17.3. The Morgan fingerprint density at radius 3 is 1.84 bits per heavy atom. The van der Waals surface area contributed by atoms with Crippen molar-refractivity contribution in [1.82, 2.24) is 0 Å². The van der Waals surface area contributed by atoms with Crippen LogP contribution >= 0.6 is 0 Å². The molecule has 1 heteroatoms. The van der Waals surface area contributed by atoms with Crippen molar-refractivity contribution < 1.29 is 0 Å². The van der Waals surface area contributed by atoms with Crippen molar-refractivity contribution in [2.24, 2.45) is 0 Å². The van der Waals surface area contributed by atoms with Crippen molar-refractivity contribution in [3.8, 4) is 0 Å². The van der Waals surface area contributed by atoms with Crippen LogP contribution in [0.1, 0.15) is 76.7 Å². The first-order chi connectivity index (χ1) is 9.34. The molecule has 0 nitrogen and oxygen atoms in total. The maximum absolute atomic E-state index is 2.32. The first-order valence-corrected chi connectivity index (χ1v) is 9.39. The molecular formula is C18H29Na. The zero-order valence-corrected chi connectivity index (χ0v) is 15.1. The van der Waals surface area contributed by atoms with Gasteiger partial charge in [0.15, 0.2) is 0 Å². The molecule has 0 spiro atoms. The molecule has 0 amide bonds. The summed E-state index contributed by atoms with van der Waals surface area (Å²) >= 11 is 1.20. The SMILES string of the molecule is CCCCCCCCCCCCc1cccc[c]1[Na]. The summed E-state index contributed by atoms with van der Waals surface area (Å²) in [6.45, 7) is 2.29. The van der Waals surface area contributed by atoms with Gasteiger partial charge in [-0.15, -0.1) is 0 Å². The monoisotopic (exact) mass is 268 g/mol. The van der Waals surface area contributed by atoms with Crippen LogP contribution in [-0.4, -0.2) is 27.9 Å². The Kier molecular flexibility index (Phi) is 10.9. The van der Waals surface area contributed by atoms with Crippen LogP contribution in [0.5, 0.6) is 0 Å². The fraction of sp³-hybridized carbons (Fsp3) is 0.667. The van der Waals surface area contributed by atoms with Gasteiger partial charge >= 0.3 is 125 Å². The summed E-state index contributed by atoms with van der Waals surface area (Å²) in [4.78, 5) is 0. The van der Waals surface area contributed by atoms with E-state index in [0.29, 0.717) is 0 Å². The molecule has 0 bridgehead atoms. The third kappa shape index (κ3) is 8.89. The number of rotatable bonds is 11. The van der Waals surface area contributed by atoms with E-state index in [1.807, 2.05) is 0 Å². The molecule has 19 heavy (non-hydrogen) atoms. The second-order valence-electron chi connectivity index (χ2n) is 5.86. The molecule has 0 unspecified atom stereocenters. The Bertz CT molecular complexity index is 319. The zero-order chi connectivity index (χ0) is 13.8. The van der Waals surface area contributed by atoms with E-state index in [4.69, 9.17) is 0 Å². The molecule has 0 saturated carbocycles. The average Bonchev–Trinajstić information content (AvgIpc) is 2.43. The summed E-state index contributed by atoms with van der Waals surface area (Å²) in [5.74, 6) is 0. The quantitative estimate of drug-likeness (QED) is 0.394. The molecule has 1 aromatic carbocycles. The van der Waals surface area contributed by atoms with Crippen molar-refractivity contribution in [1.29, 1.82) is 0 Å². The summed E-state index contributed by atoms with van der Waals surface area (Å²) in [7, 11) is 0. The Morgan fingerprint density at radius 2 is 1.26 bits per heavy atom. The molecule has 0 aliphatic heterocycles. The van der Waals surface area contributed by atoms with Crippen LogP contribution in [0.15, 0.2) is 24.3 Å². The Hall–Kier alpha value is 0.220. The van der Waals surface area contributed by atoms with E-state index in [9.17, 15) is 0 Å². The predicted molar refractivity (Wildman–Crippen MR) is 87.4 cm³/mol. The molecular weight excluding hydrogens is 239 g/mol. The standard InChI is InChI=1S/C18H29.Na/c1-2-3-4-5-6-7-8-9-10-12-15-18-16-13-11-14-17-18;/h11,13-14,16H,2-10,12,15H2,1H3;. The molecule has 0 N–H and O–H groups in total. The van der Waals surface area contributed by atoms with Gasteiger partial charge in [-0.3, -0.25) is 0 Å². The second-order valence-corrected chi connectivity index (χ2v) is 6.94. The molecule has 1 aromatic rings. The summed E-state index contributed by atoms with van der Waals surface area (Å²) < 4.78 is 1.60. The topological polar surface area (TPSA) is 0 Å². The molecule has 0 fully saturated rings. The predicted octanol–water partition coefficient (Wildman–Crippen LogP) is 4.94. The van der Waals surface area contributed by atoms with E-state index in [1.54, 1.807) is 8.38 Å². The number of hydrogen-bond acceptors (Lipinski definition) is 0. The van der Waals surface area contributed by atoms with Gasteiger partial charge in [0.2, 0.25) is 0 Å². The van der Waals surface area contributed by atoms with Crippen LogP contribution in [0.2, 0.25) is 0 Å². The van der Waals surface area contributed by atoms with Gasteiger partial charge in [-0.05, 0) is 0 Å². The van der Waals surface area contributed by atoms with Crippen LogP contribution < -0.4 is 2.81 Å². The van der Waals surface area contributed by atoms with Gasteiger partial charge in [0.25, 0.3) is 0 Å². The number of unbranched alkanes of at least 4 members (excludes halogenated alkanes) is 9. The van der Waals surface area contributed by atoms with Gasteiger partial charge in [0, 0.05) is 0 Å². The van der Waals surface area contributed by atoms with Crippen molar-refractivity contribution in [2.75, 3.05) is 0 Å². The molecule has 0 saturated heterocycles. The minimum absolute atomic E-state index is 1.20. The van der Waals surface area contributed by atoms with Crippen molar-refractivity contribution in [3.63, 3.8) is 0 Å². The van der Waals surface area contributed by atoms with Crippen LogP contribution in [0.3, 0.4) is 0 Å². The molecule has 102 valence electrons. The van der Waals surface area contributed by atoms with Gasteiger partial charge in [0.1, 0.15) is 0 Å². The molecule has 0 aliphatic rings. The Labute approximate surface area is 137 Å². The first-order valence-electron chi connectivity index (χ1n) is 8.39. The van der Waals surface area contributed by atoms with E-state index in [2.05, 4.69) is 31.2 Å². The Morgan fingerprint density at radius 1 is 0.737 bits per heavy atom. The van der Waals surface area contributed by atoms with Crippen LogP contribution in [0.4, 0.5) is 0 Å². The van der Waals surface area contributed by atoms with Gasteiger partial charge < -0.3 is 0 Å². The second kappa shape index (κ2) is 12.0. The van der Waals surface area contributed by atoms with E-state index in [0.717, 1.165) is 0 Å². The van der Waals surface area contributed by atoms with E-state index < -0.39 is 0 Å². The van der Waals surface area contributed by atoms with E-state index >= 15 is 0 Å². The van der Waals surface area contributed by atoms with Gasteiger partial charge in [0.05, 0.1) is 0 Å². The summed E-state index contributed by atoms with van der Waals surface area (Å²) in [6.07, 6.45) is 15.6. The van der Waals surface area contributed by atoms with Crippen molar-refractivity contribution in [2.45, 2.75) is 77.6 Å². The fourth-order valence-corrected chi connectivity index (χ4v) is 3.30. The van der Waals surface area contributed by atoms with Gasteiger partial charge in [-0.2, -0.15) is 0 Å². The van der Waals surface area contributed by atoms with Gasteiger partial charge in [-0.25, -0.2) is 0 Å². The van der Waals surface area contributed by atoms with Crippen LogP contribution in [0, 0.1) is 0 Å². The van der Waals surface area contributed by atoms with Crippen LogP contribution in [-0.2, 0) is 6.42 Å². The molecule has 1 rings (SSSR count). The molecule has 0 aromatic heterocycles. The molecule has 0 aliphatic carbocycles. The third-order valence-corrected chi connectivity index (χ3v) is 5.04. The number of hydrogen-bond donors (Lipinski definition) is 0. The third-order valence-electron chi connectivity index (χ3n) is 4.06. The molecule has 0 atom stereocenters. The van der Waals surface area contributed by atoms with Gasteiger partial charge in [-0.1, -0.05) is 13.3 Å².